The minimum atomic E-state index is -1.51. The molecule has 28 heavy (non-hydrogen) atoms. The lowest BCUT2D eigenvalue weighted by Crippen LogP contribution is -2.57. The standard InChI is InChI=1S/C22H34O6/c1-11-13-6-7-14-18(28-12(2)23)21(13,10-20(14,5)26)9-17(25)22(27)15(11)8-16(24)19(22,3)4/h13-18,24-27H,1,6-10H2,2-5H3/t13-,14+,15-,16-,17+,18+,20+,21-,22-/m0/s1. The highest BCUT2D eigenvalue weighted by Gasteiger charge is 2.73. The van der Waals surface area contributed by atoms with Gasteiger partial charge < -0.3 is 25.2 Å². The molecule has 0 radical (unpaired) electrons. The molecule has 0 aromatic heterocycles. The second-order valence-corrected chi connectivity index (χ2v) is 10.7. The lowest BCUT2D eigenvalue weighted by Gasteiger charge is -2.47. The fourth-order valence-corrected chi connectivity index (χ4v) is 7.57. The molecule has 4 fully saturated rings. The van der Waals surface area contributed by atoms with Crippen LogP contribution in [0.4, 0.5) is 0 Å². The van der Waals surface area contributed by atoms with E-state index in [0.717, 1.165) is 12.0 Å². The van der Waals surface area contributed by atoms with Crippen LogP contribution in [0.2, 0.25) is 0 Å². The van der Waals surface area contributed by atoms with Crippen molar-refractivity contribution in [3.8, 4) is 0 Å². The smallest absolute Gasteiger partial charge is 0.302 e. The van der Waals surface area contributed by atoms with Gasteiger partial charge in [-0.05, 0) is 44.9 Å². The van der Waals surface area contributed by atoms with Crippen molar-refractivity contribution in [2.45, 2.75) is 89.3 Å². The van der Waals surface area contributed by atoms with Gasteiger partial charge in [-0.1, -0.05) is 26.0 Å². The van der Waals surface area contributed by atoms with Crippen molar-refractivity contribution in [2.75, 3.05) is 0 Å². The molecule has 0 unspecified atom stereocenters. The van der Waals surface area contributed by atoms with Crippen molar-refractivity contribution < 1.29 is 30.0 Å². The van der Waals surface area contributed by atoms with Crippen LogP contribution >= 0.6 is 0 Å². The first-order valence-corrected chi connectivity index (χ1v) is 10.5. The Morgan fingerprint density at radius 1 is 1.11 bits per heavy atom. The van der Waals surface area contributed by atoms with Crippen LogP contribution in [0.3, 0.4) is 0 Å². The first-order valence-electron chi connectivity index (χ1n) is 10.5. The molecular formula is C22H34O6. The van der Waals surface area contributed by atoms with Gasteiger partial charge in [-0.3, -0.25) is 4.79 Å². The van der Waals surface area contributed by atoms with Crippen molar-refractivity contribution in [3.05, 3.63) is 12.2 Å². The fraction of sp³-hybridized carbons (Fsp3) is 0.864. The van der Waals surface area contributed by atoms with Gasteiger partial charge in [0.15, 0.2) is 0 Å². The van der Waals surface area contributed by atoms with E-state index in [9.17, 15) is 25.2 Å². The molecule has 0 aromatic rings. The molecular weight excluding hydrogens is 360 g/mol. The molecule has 4 aliphatic carbocycles. The summed E-state index contributed by atoms with van der Waals surface area (Å²) in [6, 6.07) is 0. The molecule has 6 heteroatoms. The number of aliphatic hydroxyl groups is 4. The largest absolute Gasteiger partial charge is 0.462 e. The van der Waals surface area contributed by atoms with E-state index < -0.39 is 52.2 Å². The summed E-state index contributed by atoms with van der Waals surface area (Å²) in [5, 5.41) is 44.9. The zero-order valence-corrected chi connectivity index (χ0v) is 17.3. The molecule has 158 valence electrons. The molecule has 4 N–H and O–H groups in total. The normalized spacial score (nSPS) is 54.6. The number of esters is 1. The molecule has 2 bridgehead atoms. The molecule has 4 rings (SSSR count). The highest BCUT2D eigenvalue weighted by atomic mass is 16.5. The van der Waals surface area contributed by atoms with E-state index in [1.165, 1.54) is 6.92 Å². The number of ether oxygens (including phenoxy) is 1. The van der Waals surface area contributed by atoms with Crippen molar-refractivity contribution in [1.82, 2.24) is 0 Å². The summed E-state index contributed by atoms with van der Waals surface area (Å²) in [7, 11) is 0. The zero-order valence-electron chi connectivity index (χ0n) is 17.3. The summed E-state index contributed by atoms with van der Waals surface area (Å²) in [5.74, 6) is -1.11. The maximum atomic E-state index is 11.9. The summed E-state index contributed by atoms with van der Waals surface area (Å²) in [5.41, 5.74) is -3.26. The number of carbonyl (C=O) groups is 1. The van der Waals surface area contributed by atoms with Gasteiger partial charge in [0.25, 0.3) is 0 Å². The third kappa shape index (κ3) is 2.26. The minimum absolute atomic E-state index is 0.0863. The molecule has 0 aromatic carbocycles. The average molecular weight is 395 g/mol. The van der Waals surface area contributed by atoms with Crippen molar-refractivity contribution in [3.63, 3.8) is 0 Å². The molecule has 4 saturated carbocycles. The summed E-state index contributed by atoms with van der Waals surface area (Å²) in [6.07, 6.45) is 0.0633. The first kappa shape index (κ1) is 20.3. The van der Waals surface area contributed by atoms with Crippen LogP contribution in [0.5, 0.6) is 0 Å². The summed E-state index contributed by atoms with van der Waals surface area (Å²) < 4.78 is 5.77. The summed E-state index contributed by atoms with van der Waals surface area (Å²) in [6.45, 7) is 11.1. The van der Waals surface area contributed by atoms with Gasteiger partial charge in [0.05, 0.1) is 17.8 Å². The van der Waals surface area contributed by atoms with Crippen LogP contribution in [-0.2, 0) is 9.53 Å². The van der Waals surface area contributed by atoms with E-state index in [-0.39, 0.29) is 18.3 Å². The van der Waals surface area contributed by atoms with Crippen LogP contribution in [0, 0.1) is 28.6 Å². The van der Waals surface area contributed by atoms with Gasteiger partial charge in [-0.2, -0.15) is 0 Å². The minimum Gasteiger partial charge on any atom is -0.462 e. The Bertz CT molecular complexity index is 714. The van der Waals surface area contributed by atoms with Gasteiger partial charge in [-0.15, -0.1) is 0 Å². The van der Waals surface area contributed by atoms with Crippen LogP contribution in [0.25, 0.3) is 0 Å². The van der Waals surface area contributed by atoms with Gasteiger partial charge in [-0.25, -0.2) is 0 Å². The predicted octanol–water partition coefficient (Wildman–Crippen LogP) is 1.54. The fourth-order valence-electron chi connectivity index (χ4n) is 7.57. The third-order valence-corrected chi connectivity index (χ3v) is 9.00. The van der Waals surface area contributed by atoms with Crippen LogP contribution in [0.1, 0.15) is 59.8 Å². The molecule has 9 atom stereocenters. The number of hydrogen-bond acceptors (Lipinski definition) is 6. The lowest BCUT2D eigenvalue weighted by atomic mass is 9.61. The monoisotopic (exact) mass is 394 g/mol. The second kappa shape index (κ2) is 5.81. The third-order valence-electron chi connectivity index (χ3n) is 9.00. The van der Waals surface area contributed by atoms with Gasteiger partial charge in [0.1, 0.15) is 11.7 Å². The van der Waals surface area contributed by atoms with Crippen molar-refractivity contribution in [2.24, 2.45) is 28.6 Å². The van der Waals surface area contributed by atoms with E-state index >= 15 is 0 Å². The van der Waals surface area contributed by atoms with E-state index in [4.69, 9.17) is 4.74 Å². The number of carbonyl (C=O) groups excluding carboxylic acids is 1. The molecule has 0 heterocycles. The Labute approximate surface area is 166 Å². The maximum absolute atomic E-state index is 11.9. The Hall–Kier alpha value is -0.950. The van der Waals surface area contributed by atoms with Gasteiger partial charge in [0, 0.05) is 29.6 Å². The topological polar surface area (TPSA) is 107 Å². The molecule has 1 spiro atoms. The summed E-state index contributed by atoms with van der Waals surface area (Å²) in [4.78, 5) is 11.9. The van der Waals surface area contributed by atoms with Crippen molar-refractivity contribution in [1.29, 1.82) is 0 Å². The molecule has 0 saturated heterocycles. The number of rotatable bonds is 1. The van der Waals surface area contributed by atoms with E-state index in [0.29, 0.717) is 19.3 Å². The number of aliphatic hydroxyl groups excluding tert-OH is 2. The van der Waals surface area contributed by atoms with Gasteiger partial charge in [0.2, 0.25) is 0 Å². The van der Waals surface area contributed by atoms with Crippen molar-refractivity contribution >= 4 is 5.97 Å². The highest BCUT2D eigenvalue weighted by Crippen LogP contribution is 2.69. The molecule has 4 aliphatic rings. The first-order chi connectivity index (χ1) is 12.8. The van der Waals surface area contributed by atoms with E-state index in [1.54, 1.807) is 20.8 Å². The average Bonchev–Trinajstić information content (AvgIpc) is 2.79. The molecule has 0 amide bonds. The quantitative estimate of drug-likeness (QED) is 0.397. The van der Waals surface area contributed by atoms with Gasteiger partial charge >= 0.3 is 5.97 Å². The lowest BCUT2D eigenvalue weighted by molar-refractivity contribution is -0.181. The maximum Gasteiger partial charge on any atom is 0.302 e. The number of hydrogen-bond donors (Lipinski definition) is 4. The predicted molar refractivity (Wildman–Crippen MR) is 102 cm³/mol. The summed E-state index contributed by atoms with van der Waals surface area (Å²) >= 11 is 0. The Balaban J connectivity index is 1.86. The Morgan fingerprint density at radius 3 is 2.36 bits per heavy atom. The zero-order chi connectivity index (χ0) is 20.9. The Kier molecular flexibility index (Phi) is 4.22. The molecule has 0 aliphatic heterocycles. The van der Waals surface area contributed by atoms with E-state index in [1.807, 2.05) is 0 Å². The molecule has 6 nitrogen and oxygen atoms in total. The van der Waals surface area contributed by atoms with Crippen LogP contribution < -0.4 is 0 Å². The van der Waals surface area contributed by atoms with E-state index in [2.05, 4.69) is 6.58 Å². The number of fused-ring (bicyclic) bond motifs is 2. The van der Waals surface area contributed by atoms with Crippen LogP contribution in [-0.4, -0.2) is 55.9 Å². The van der Waals surface area contributed by atoms with Crippen LogP contribution in [0.15, 0.2) is 12.2 Å². The SMILES string of the molecule is C=C1[C@@H]2CC[C@@H]3[C@@H](OC(C)=O)[C@@]2(C[C@@H](O)[C@@]2(O)[C@H]1C[C@H](O)C2(C)C)C[C@@]3(C)O. The highest BCUT2D eigenvalue weighted by molar-refractivity contribution is 5.66. The Morgan fingerprint density at radius 2 is 1.75 bits per heavy atom. The second-order valence-electron chi connectivity index (χ2n) is 10.7.